The van der Waals surface area contributed by atoms with Crippen molar-refractivity contribution in [3.63, 3.8) is 0 Å². The molecule has 0 saturated heterocycles. The van der Waals surface area contributed by atoms with Crippen LogP contribution in [0, 0.1) is 0 Å². The van der Waals surface area contributed by atoms with Crippen LogP contribution in [0.3, 0.4) is 0 Å². The van der Waals surface area contributed by atoms with Gasteiger partial charge in [0, 0.05) is 5.54 Å². The zero-order chi connectivity index (χ0) is 14.5. The average molecular weight is 295 g/mol. The quantitative estimate of drug-likeness (QED) is 0.742. The van der Waals surface area contributed by atoms with E-state index in [0.717, 1.165) is 12.8 Å². The lowest BCUT2D eigenvalue weighted by molar-refractivity contribution is 0.558. The van der Waals surface area contributed by atoms with Crippen molar-refractivity contribution < 1.29 is 8.42 Å². The van der Waals surface area contributed by atoms with Crippen LogP contribution in [0.15, 0.2) is 32.7 Å². The van der Waals surface area contributed by atoms with Gasteiger partial charge in [0.1, 0.15) is 0 Å². The van der Waals surface area contributed by atoms with E-state index >= 15 is 0 Å². The minimum atomic E-state index is -3.67. The lowest BCUT2D eigenvalue weighted by Crippen LogP contribution is -2.34. The van der Waals surface area contributed by atoms with Crippen molar-refractivity contribution in [1.82, 2.24) is 14.7 Å². The minimum absolute atomic E-state index is 0.00988. The van der Waals surface area contributed by atoms with E-state index in [1.165, 1.54) is 18.2 Å². The molecule has 0 amide bonds. The molecule has 20 heavy (non-hydrogen) atoms. The largest absolute Gasteiger partial charge is 0.326 e. The van der Waals surface area contributed by atoms with Gasteiger partial charge in [0.05, 0.1) is 15.8 Å². The van der Waals surface area contributed by atoms with Gasteiger partial charge in [-0.25, -0.2) is 17.9 Å². The number of rotatable bonds is 3. The fourth-order valence-electron chi connectivity index (χ4n) is 1.98. The van der Waals surface area contributed by atoms with Crippen LogP contribution < -0.4 is 16.0 Å². The minimum Gasteiger partial charge on any atom is -0.307 e. The van der Waals surface area contributed by atoms with E-state index in [1.54, 1.807) is 0 Å². The number of nitrogens with one attached hydrogen (secondary N) is 3. The van der Waals surface area contributed by atoms with Crippen molar-refractivity contribution >= 4 is 20.9 Å². The Balaban J connectivity index is 2.14. The number of aromatic amines is 2. The van der Waals surface area contributed by atoms with E-state index < -0.39 is 21.3 Å². The summed E-state index contributed by atoms with van der Waals surface area (Å²) in [5.41, 5.74) is -1.32. The molecule has 2 aromatic rings. The second-order valence-electron chi connectivity index (χ2n) is 5.28. The van der Waals surface area contributed by atoms with E-state index in [4.69, 9.17) is 0 Å². The Labute approximate surface area is 114 Å². The van der Waals surface area contributed by atoms with Crippen molar-refractivity contribution in [2.75, 3.05) is 0 Å². The first-order valence-corrected chi connectivity index (χ1v) is 7.58. The van der Waals surface area contributed by atoms with Gasteiger partial charge in [-0.1, -0.05) is 0 Å². The zero-order valence-electron chi connectivity index (χ0n) is 10.7. The molecule has 0 aliphatic heterocycles. The Morgan fingerprint density at radius 1 is 1.20 bits per heavy atom. The number of aromatic nitrogens is 2. The summed E-state index contributed by atoms with van der Waals surface area (Å²) in [5, 5.41) is 0.133. The van der Waals surface area contributed by atoms with E-state index in [1.807, 2.05) is 6.92 Å². The van der Waals surface area contributed by atoms with Gasteiger partial charge in [-0.15, -0.1) is 0 Å². The third kappa shape index (κ3) is 2.27. The van der Waals surface area contributed by atoms with Crippen LogP contribution in [0.25, 0.3) is 10.9 Å². The summed E-state index contributed by atoms with van der Waals surface area (Å²) in [7, 11) is -3.67. The third-order valence-electron chi connectivity index (χ3n) is 3.40. The highest BCUT2D eigenvalue weighted by molar-refractivity contribution is 7.89. The molecule has 1 aromatic carbocycles. The lowest BCUT2D eigenvalue weighted by Gasteiger charge is -2.12. The van der Waals surface area contributed by atoms with Crippen molar-refractivity contribution in [1.29, 1.82) is 0 Å². The average Bonchev–Trinajstić information content (AvgIpc) is 3.05. The molecule has 8 heteroatoms. The van der Waals surface area contributed by atoms with Gasteiger partial charge in [0.2, 0.25) is 10.0 Å². The molecule has 0 spiro atoms. The second kappa shape index (κ2) is 4.03. The molecular formula is C12H13N3O4S. The normalized spacial score (nSPS) is 17.2. The first-order chi connectivity index (χ1) is 9.29. The molecule has 0 atom stereocenters. The van der Waals surface area contributed by atoms with Crippen LogP contribution in [0.2, 0.25) is 0 Å². The van der Waals surface area contributed by atoms with E-state index in [0.29, 0.717) is 5.52 Å². The number of sulfonamides is 1. The number of H-pyrrole nitrogens is 2. The molecule has 1 aliphatic rings. The summed E-state index contributed by atoms with van der Waals surface area (Å²) in [5.74, 6) is 0. The molecule has 1 saturated carbocycles. The molecule has 0 bridgehead atoms. The van der Waals surface area contributed by atoms with Gasteiger partial charge in [-0.2, -0.15) is 0 Å². The summed E-state index contributed by atoms with van der Waals surface area (Å²) in [4.78, 5) is 27.3. The molecular weight excluding hydrogens is 282 g/mol. The summed E-state index contributed by atoms with van der Waals surface area (Å²) >= 11 is 0. The molecule has 1 fully saturated rings. The Bertz CT molecular complexity index is 906. The summed E-state index contributed by atoms with van der Waals surface area (Å²) in [6.07, 6.45) is 1.60. The molecule has 0 unspecified atom stereocenters. The van der Waals surface area contributed by atoms with Crippen molar-refractivity contribution in [2.45, 2.75) is 30.2 Å². The SMILES string of the molecule is CC1(NS(=O)(=O)c2ccc3[nH]c(=O)[nH]c(=O)c3c2)CC1. The highest BCUT2D eigenvalue weighted by Gasteiger charge is 2.41. The van der Waals surface area contributed by atoms with Gasteiger partial charge in [0.25, 0.3) is 5.56 Å². The monoisotopic (exact) mass is 295 g/mol. The number of hydrogen-bond donors (Lipinski definition) is 3. The van der Waals surface area contributed by atoms with E-state index in [2.05, 4.69) is 14.7 Å². The second-order valence-corrected chi connectivity index (χ2v) is 6.96. The van der Waals surface area contributed by atoms with Crippen LogP contribution in [-0.2, 0) is 10.0 Å². The van der Waals surface area contributed by atoms with Crippen LogP contribution in [-0.4, -0.2) is 23.9 Å². The highest BCUT2D eigenvalue weighted by atomic mass is 32.2. The van der Waals surface area contributed by atoms with E-state index in [-0.39, 0.29) is 15.8 Å². The molecule has 1 heterocycles. The summed E-state index contributed by atoms with van der Waals surface area (Å²) in [6.45, 7) is 1.83. The van der Waals surface area contributed by atoms with Crippen molar-refractivity contribution in [3.8, 4) is 0 Å². The maximum atomic E-state index is 12.2. The summed E-state index contributed by atoms with van der Waals surface area (Å²) < 4.78 is 27.0. The third-order valence-corrected chi connectivity index (χ3v) is 5.04. The highest BCUT2D eigenvalue weighted by Crippen LogP contribution is 2.36. The molecule has 1 aromatic heterocycles. The first kappa shape index (κ1) is 13.1. The van der Waals surface area contributed by atoms with Crippen LogP contribution in [0.5, 0.6) is 0 Å². The Morgan fingerprint density at radius 3 is 2.55 bits per heavy atom. The van der Waals surface area contributed by atoms with Crippen molar-refractivity contribution in [3.05, 3.63) is 39.0 Å². The van der Waals surface area contributed by atoms with Gasteiger partial charge >= 0.3 is 5.69 Å². The molecule has 3 rings (SSSR count). The predicted octanol–water partition coefficient (Wildman–Crippen LogP) is 0.0472. The topological polar surface area (TPSA) is 112 Å². The maximum Gasteiger partial charge on any atom is 0.326 e. The lowest BCUT2D eigenvalue weighted by atomic mass is 10.2. The van der Waals surface area contributed by atoms with Crippen LogP contribution >= 0.6 is 0 Å². The first-order valence-electron chi connectivity index (χ1n) is 6.09. The Kier molecular flexibility index (Phi) is 2.63. The number of fused-ring (bicyclic) bond motifs is 1. The fourth-order valence-corrected chi connectivity index (χ4v) is 3.48. The Morgan fingerprint density at radius 2 is 1.90 bits per heavy atom. The molecule has 1 aliphatic carbocycles. The predicted molar refractivity (Wildman–Crippen MR) is 73.1 cm³/mol. The van der Waals surface area contributed by atoms with Gasteiger partial charge in [-0.05, 0) is 38.0 Å². The van der Waals surface area contributed by atoms with Gasteiger partial charge < -0.3 is 4.98 Å². The van der Waals surface area contributed by atoms with Crippen LogP contribution in [0.4, 0.5) is 0 Å². The smallest absolute Gasteiger partial charge is 0.307 e. The Hall–Kier alpha value is -1.93. The maximum absolute atomic E-state index is 12.2. The van der Waals surface area contributed by atoms with Gasteiger partial charge in [-0.3, -0.25) is 9.78 Å². The standard InChI is InChI=1S/C12H13N3O4S/c1-12(4-5-12)15-20(18,19)7-2-3-9-8(6-7)10(16)14-11(17)13-9/h2-3,6,15H,4-5H2,1H3,(H2,13,14,16,17). The van der Waals surface area contributed by atoms with Gasteiger partial charge in [0.15, 0.2) is 0 Å². The number of hydrogen-bond acceptors (Lipinski definition) is 4. The molecule has 0 radical (unpaired) electrons. The number of benzene rings is 1. The summed E-state index contributed by atoms with van der Waals surface area (Å²) in [6, 6.07) is 4.04. The fraction of sp³-hybridized carbons (Fsp3) is 0.333. The zero-order valence-corrected chi connectivity index (χ0v) is 11.5. The van der Waals surface area contributed by atoms with Crippen LogP contribution in [0.1, 0.15) is 19.8 Å². The van der Waals surface area contributed by atoms with Crippen molar-refractivity contribution in [2.24, 2.45) is 0 Å². The van der Waals surface area contributed by atoms with E-state index in [9.17, 15) is 18.0 Å². The molecule has 3 N–H and O–H groups in total. The molecule has 106 valence electrons. The molecule has 7 nitrogen and oxygen atoms in total.